The molecule has 0 radical (unpaired) electrons. The Kier molecular flexibility index (Phi) is 7.47. The van der Waals surface area contributed by atoms with Crippen LogP contribution < -0.4 is 5.73 Å². The number of fused-ring (bicyclic) bond motifs is 3. The van der Waals surface area contributed by atoms with E-state index in [2.05, 4.69) is 0 Å². The van der Waals surface area contributed by atoms with E-state index in [4.69, 9.17) is 5.73 Å². The van der Waals surface area contributed by atoms with Crippen LogP contribution in [0.15, 0.2) is 28.7 Å². The number of carbonyl (C=O) groups is 4. The Morgan fingerprint density at radius 1 is 1.10 bits per heavy atom. The number of ketones is 3. The molecule has 0 saturated heterocycles. The fourth-order valence-electron chi connectivity index (χ4n) is 6.60. The third kappa shape index (κ3) is 4.56. The number of amides is 1. The van der Waals surface area contributed by atoms with E-state index in [9.17, 15) is 39.6 Å². The third-order valence-electron chi connectivity index (χ3n) is 8.62. The lowest BCUT2D eigenvalue weighted by molar-refractivity contribution is -0.148. The van der Waals surface area contributed by atoms with Gasteiger partial charge in [0.05, 0.1) is 11.6 Å². The highest BCUT2D eigenvalue weighted by Gasteiger charge is 2.63. The number of rotatable bonds is 6. The maximum atomic E-state index is 14.1. The quantitative estimate of drug-likeness (QED) is 0.249. The smallest absolute Gasteiger partial charge is 0.255 e. The van der Waals surface area contributed by atoms with Crippen LogP contribution in [0.4, 0.5) is 0 Å². The molecule has 0 bridgehead atoms. The van der Waals surface area contributed by atoms with Crippen LogP contribution in [0.2, 0.25) is 0 Å². The minimum Gasteiger partial charge on any atom is -0.510 e. The lowest BCUT2D eigenvalue weighted by Crippen LogP contribution is -2.63. The predicted octanol–water partition coefficient (Wildman–Crippen LogP) is 1.55. The summed E-state index contributed by atoms with van der Waals surface area (Å²) >= 11 is 0. The van der Waals surface area contributed by atoms with Gasteiger partial charge in [0.15, 0.2) is 17.2 Å². The molecule has 0 fully saturated rings. The summed E-state index contributed by atoms with van der Waals surface area (Å²) in [7, 11) is 6.82. The third-order valence-corrected chi connectivity index (χ3v) is 8.62. The van der Waals surface area contributed by atoms with Gasteiger partial charge in [-0.25, -0.2) is 0 Å². The fourth-order valence-corrected chi connectivity index (χ4v) is 6.60. The highest BCUT2D eigenvalue weighted by atomic mass is 16.3. The first-order valence-corrected chi connectivity index (χ1v) is 13.6. The molecule has 0 heterocycles. The van der Waals surface area contributed by atoms with E-state index >= 15 is 0 Å². The van der Waals surface area contributed by atoms with E-state index in [-0.39, 0.29) is 41.9 Å². The number of aromatic hydroxyl groups is 1. The SMILES string of the molecule is CN(C)CCC(=O)c1cc(C(C)(C)C)c(O)c2c1C[C@H]1C[C@H]3[C@H](N(C)C)C(O)=C(C(N)=O)C(=O)[C@@]3(O)C(O)=C1C2=O. The molecule has 11 heteroatoms. The predicted molar refractivity (Wildman–Crippen MR) is 150 cm³/mol. The molecule has 0 unspecified atom stereocenters. The van der Waals surface area contributed by atoms with Gasteiger partial charge in [0.2, 0.25) is 5.78 Å². The van der Waals surface area contributed by atoms with E-state index in [1.54, 1.807) is 20.2 Å². The van der Waals surface area contributed by atoms with Crippen molar-refractivity contribution in [2.75, 3.05) is 34.7 Å². The van der Waals surface area contributed by atoms with Gasteiger partial charge in [0.25, 0.3) is 5.91 Å². The molecular formula is C30H39N3O8. The van der Waals surface area contributed by atoms with Crippen LogP contribution in [-0.2, 0) is 21.4 Å². The van der Waals surface area contributed by atoms with Crippen LogP contribution in [0.5, 0.6) is 5.75 Å². The van der Waals surface area contributed by atoms with Gasteiger partial charge in [-0.3, -0.25) is 24.1 Å². The van der Waals surface area contributed by atoms with Crippen LogP contribution in [0.3, 0.4) is 0 Å². The minimum atomic E-state index is -2.72. The van der Waals surface area contributed by atoms with Crippen LogP contribution in [0, 0.1) is 11.8 Å². The first-order chi connectivity index (χ1) is 18.8. The number of phenols is 1. The monoisotopic (exact) mass is 569 g/mol. The van der Waals surface area contributed by atoms with Crippen molar-refractivity contribution in [2.24, 2.45) is 17.6 Å². The number of aliphatic hydroxyl groups excluding tert-OH is 2. The summed E-state index contributed by atoms with van der Waals surface area (Å²) in [4.78, 5) is 56.6. The molecule has 4 rings (SSSR count). The zero-order valence-corrected chi connectivity index (χ0v) is 24.5. The number of carbonyl (C=O) groups excluding carboxylic acids is 4. The van der Waals surface area contributed by atoms with Gasteiger partial charge in [-0.05, 0) is 64.0 Å². The van der Waals surface area contributed by atoms with Crippen molar-refractivity contribution < 1.29 is 39.6 Å². The number of hydrogen-bond acceptors (Lipinski definition) is 10. The van der Waals surface area contributed by atoms with Crippen molar-refractivity contribution >= 4 is 23.3 Å². The molecular weight excluding hydrogens is 530 g/mol. The van der Waals surface area contributed by atoms with Crippen LogP contribution >= 0.6 is 0 Å². The molecule has 6 N–H and O–H groups in total. The van der Waals surface area contributed by atoms with E-state index in [1.807, 2.05) is 39.8 Å². The highest BCUT2D eigenvalue weighted by Crippen LogP contribution is 2.53. The Morgan fingerprint density at radius 2 is 1.71 bits per heavy atom. The molecule has 3 aliphatic rings. The Labute approximate surface area is 238 Å². The zero-order chi connectivity index (χ0) is 30.9. The topological polar surface area (TPSA) is 182 Å². The molecule has 0 saturated carbocycles. The maximum absolute atomic E-state index is 14.1. The summed E-state index contributed by atoms with van der Waals surface area (Å²) in [6.45, 7) is 5.96. The lowest BCUT2D eigenvalue weighted by atomic mass is 9.58. The van der Waals surface area contributed by atoms with Gasteiger partial charge in [-0.2, -0.15) is 0 Å². The average Bonchev–Trinajstić information content (AvgIpc) is 2.83. The number of allylic oxidation sites excluding steroid dienone is 1. The number of primary amides is 1. The number of phenolic OH excluding ortho intramolecular Hbond substituents is 1. The van der Waals surface area contributed by atoms with Crippen molar-refractivity contribution in [2.45, 2.75) is 57.1 Å². The molecule has 4 atom stereocenters. The molecule has 0 aromatic heterocycles. The number of nitrogens with zero attached hydrogens (tertiary/aromatic N) is 2. The summed E-state index contributed by atoms with van der Waals surface area (Å²) in [6, 6.07) is 0.548. The van der Waals surface area contributed by atoms with Crippen molar-refractivity contribution in [1.82, 2.24) is 9.80 Å². The summed E-state index contributed by atoms with van der Waals surface area (Å²) in [5, 5.41) is 45.6. The van der Waals surface area contributed by atoms with E-state index in [1.165, 1.54) is 4.90 Å². The van der Waals surface area contributed by atoms with Crippen molar-refractivity contribution in [3.8, 4) is 5.75 Å². The molecule has 0 spiro atoms. The second kappa shape index (κ2) is 10.1. The molecule has 1 aromatic carbocycles. The van der Waals surface area contributed by atoms with Crippen molar-refractivity contribution in [3.63, 3.8) is 0 Å². The van der Waals surface area contributed by atoms with Crippen LogP contribution in [0.25, 0.3) is 0 Å². The molecule has 1 amide bonds. The molecule has 41 heavy (non-hydrogen) atoms. The number of likely N-dealkylation sites (N-methyl/N-ethyl adjacent to an activating group) is 1. The summed E-state index contributed by atoms with van der Waals surface area (Å²) < 4.78 is 0. The number of Topliss-reactive ketones (excluding diaryl/α,β-unsaturated/α-hetero) is 3. The number of nitrogens with two attached hydrogens (primary N) is 1. The molecule has 222 valence electrons. The minimum absolute atomic E-state index is 0.0428. The van der Waals surface area contributed by atoms with Gasteiger partial charge in [0.1, 0.15) is 22.8 Å². The van der Waals surface area contributed by atoms with Gasteiger partial charge in [-0.15, -0.1) is 0 Å². The zero-order valence-electron chi connectivity index (χ0n) is 24.5. The summed E-state index contributed by atoms with van der Waals surface area (Å²) in [5.74, 6) is -7.36. The Bertz CT molecular complexity index is 1430. The van der Waals surface area contributed by atoms with E-state index < -0.39 is 63.5 Å². The number of hydrogen-bond donors (Lipinski definition) is 5. The Morgan fingerprint density at radius 3 is 2.22 bits per heavy atom. The number of aliphatic hydroxyl groups is 3. The van der Waals surface area contributed by atoms with E-state index in [0.29, 0.717) is 23.2 Å². The molecule has 11 nitrogen and oxygen atoms in total. The summed E-state index contributed by atoms with van der Waals surface area (Å²) in [6.07, 6.45) is 0.198. The first kappa shape index (κ1) is 30.4. The van der Waals surface area contributed by atoms with Crippen molar-refractivity contribution in [1.29, 1.82) is 0 Å². The average molecular weight is 570 g/mol. The second-order valence-corrected chi connectivity index (χ2v) is 12.9. The van der Waals surface area contributed by atoms with Crippen LogP contribution in [-0.4, -0.2) is 99.9 Å². The number of benzene rings is 1. The fraction of sp³-hybridized carbons (Fsp3) is 0.533. The highest BCUT2D eigenvalue weighted by molar-refractivity contribution is 6.25. The second-order valence-electron chi connectivity index (χ2n) is 12.9. The van der Waals surface area contributed by atoms with Gasteiger partial charge >= 0.3 is 0 Å². The van der Waals surface area contributed by atoms with E-state index in [0.717, 1.165) is 0 Å². The molecule has 0 aliphatic heterocycles. The molecule has 1 aromatic rings. The molecule has 3 aliphatic carbocycles. The lowest BCUT2D eigenvalue weighted by Gasteiger charge is -2.50. The normalized spacial score (nSPS) is 26.3. The van der Waals surface area contributed by atoms with Gasteiger partial charge in [0, 0.05) is 35.6 Å². The Balaban J connectivity index is 1.98. The summed E-state index contributed by atoms with van der Waals surface area (Å²) in [5.41, 5.74) is 1.78. The maximum Gasteiger partial charge on any atom is 0.255 e. The largest absolute Gasteiger partial charge is 0.510 e. The Hall–Kier alpha value is -3.54. The first-order valence-electron chi connectivity index (χ1n) is 13.6. The van der Waals surface area contributed by atoms with Crippen molar-refractivity contribution in [3.05, 3.63) is 51.0 Å². The van der Waals surface area contributed by atoms with Gasteiger partial charge < -0.3 is 31.1 Å². The standard InChI is InChI=1S/C30H39N3O8/c1-29(2,3)17-12-14(18(34)8-9-32(4)5)15-10-13-11-16-22(33(6)7)25(37)21(28(31)40)27(39)30(16,41)26(38)19(13)24(36)20(15)23(17)35/h12-13,16,22,35,37-38,41H,8-11H2,1-7H3,(H2,31,40)/t13-,16-,22-,30-/m0/s1. The van der Waals surface area contributed by atoms with Gasteiger partial charge in [-0.1, -0.05) is 20.8 Å². The van der Waals surface area contributed by atoms with Crippen LogP contribution in [0.1, 0.15) is 65.5 Å².